The lowest BCUT2D eigenvalue weighted by molar-refractivity contribution is 0.0954. The molecule has 140 valence electrons. The zero-order valence-corrected chi connectivity index (χ0v) is 15.9. The van der Waals surface area contributed by atoms with Crippen LogP contribution in [0.3, 0.4) is 0 Å². The van der Waals surface area contributed by atoms with Crippen molar-refractivity contribution in [2.75, 3.05) is 11.9 Å². The van der Waals surface area contributed by atoms with Crippen LogP contribution in [0, 0.1) is 0 Å². The number of hydrogen-bond acceptors (Lipinski definition) is 2. The smallest absolute Gasteiger partial charge is 0.255 e. The van der Waals surface area contributed by atoms with Gasteiger partial charge in [0.25, 0.3) is 11.8 Å². The van der Waals surface area contributed by atoms with Crippen molar-refractivity contribution in [3.8, 4) is 0 Å². The summed E-state index contributed by atoms with van der Waals surface area (Å²) in [5.74, 6) is -0.469. The molecule has 0 atom stereocenters. The Labute approximate surface area is 164 Å². The molecule has 0 saturated heterocycles. The van der Waals surface area contributed by atoms with Crippen LogP contribution < -0.4 is 10.6 Å². The first-order valence-corrected chi connectivity index (χ1v) is 9.63. The summed E-state index contributed by atoms with van der Waals surface area (Å²) in [5, 5.41) is 6.18. The first kappa shape index (κ1) is 19.2. The van der Waals surface area contributed by atoms with E-state index in [2.05, 4.69) is 16.7 Å². The number of para-hydroxylation sites is 1. The normalized spacial score (nSPS) is 13.6. The van der Waals surface area contributed by atoms with E-state index in [1.165, 1.54) is 18.4 Å². The predicted molar refractivity (Wildman–Crippen MR) is 109 cm³/mol. The Bertz CT molecular complexity index is 861. The summed E-state index contributed by atoms with van der Waals surface area (Å²) in [7, 11) is 0. The van der Waals surface area contributed by atoms with Crippen LogP contribution in [0.1, 0.15) is 52.8 Å². The first-order valence-electron chi connectivity index (χ1n) is 9.25. The summed E-state index contributed by atoms with van der Waals surface area (Å²) in [4.78, 5) is 24.8. The molecule has 1 aliphatic carbocycles. The van der Waals surface area contributed by atoms with Crippen LogP contribution in [-0.2, 0) is 0 Å². The standard InChI is InChI=1S/C22H23ClN2O2/c23-19-11-4-5-12-20(19)25-22(27)18-10-6-9-17(15-18)21(26)24-14-13-16-7-2-1-3-8-16/h4-7,9-12,15H,1-3,8,13-14H2,(H,24,26)(H,25,27). The highest BCUT2D eigenvalue weighted by atomic mass is 35.5. The molecule has 3 rings (SSSR count). The van der Waals surface area contributed by atoms with Crippen LogP contribution in [0.15, 0.2) is 60.2 Å². The van der Waals surface area contributed by atoms with Gasteiger partial charge in [-0.1, -0.05) is 41.4 Å². The third-order valence-corrected chi connectivity index (χ3v) is 4.96. The summed E-state index contributed by atoms with van der Waals surface area (Å²) >= 11 is 6.08. The molecular formula is C22H23ClN2O2. The van der Waals surface area contributed by atoms with Crippen LogP contribution >= 0.6 is 11.6 Å². The van der Waals surface area contributed by atoms with Crippen molar-refractivity contribution in [1.29, 1.82) is 0 Å². The monoisotopic (exact) mass is 382 g/mol. The average molecular weight is 383 g/mol. The van der Waals surface area contributed by atoms with Crippen molar-refractivity contribution >= 4 is 29.1 Å². The number of amides is 2. The number of carbonyl (C=O) groups is 2. The van der Waals surface area contributed by atoms with Gasteiger partial charge in [-0.05, 0) is 62.4 Å². The molecular weight excluding hydrogens is 360 g/mol. The number of anilines is 1. The van der Waals surface area contributed by atoms with Crippen LogP contribution in [-0.4, -0.2) is 18.4 Å². The topological polar surface area (TPSA) is 58.2 Å². The van der Waals surface area contributed by atoms with Gasteiger partial charge in [-0.3, -0.25) is 9.59 Å². The third kappa shape index (κ3) is 5.44. The molecule has 2 aromatic carbocycles. The van der Waals surface area contributed by atoms with E-state index in [1.54, 1.807) is 48.5 Å². The number of halogens is 1. The van der Waals surface area contributed by atoms with Gasteiger partial charge in [0.1, 0.15) is 0 Å². The SMILES string of the molecule is O=C(NCCC1=CCCCC1)c1cccc(C(=O)Nc2ccccc2Cl)c1. The number of hydrogen-bond donors (Lipinski definition) is 2. The van der Waals surface area contributed by atoms with Gasteiger partial charge >= 0.3 is 0 Å². The highest BCUT2D eigenvalue weighted by Crippen LogP contribution is 2.21. The Morgan fingerprint density at radius 2 is 1.74 bits per heavy atom. The molecule has 0 unspecified atom stereocenters. The van der Waals surface area contributed by atoms with Gasteiger partial charge in [0.05, 0.1) is 10.7 Å². The predicted octanol–water partition coefficient (Wildman–Crippen LogP) is 5.21. The Hall–Kier alpha value is -2.59. The average Bonchev–Trinajstić information content (AvgIpc) is 2.70. The van der Waals surface area contributed by atoms with Gasteiger partial charge in [0, 0.05) is 17.7 Å². The Morgan fingerprint density at radius 3 is 2.48 bits per heavy atom. The zero-order valence-electron chi connectivity index (χ0n) is 15.1. The lowest BCUT2D eigenvalue weighted by Gasteiger charge is -2.13. The van der Waals surface area contributed by atoms with E-state index in [0.717, 1.165) is 19.3 Å². The van der Waals surface area contributed by atoms with Gasteiger partial charge in [0.2, 0.25) is 0 Å². The van der Waals surface area contributed by atoms with Gasteiger partial charge in [0.15, 0.2) is 0 Å². The van der Waals surface area contributed by atoms with Crippen molar-refractivity contribution in [1.82, 2.24) is 5.32 Å². The van der Waals surface area contributed by atoms with Crippen molar-refractivity contribution in [3.63, 3.8) is 0 Å². The highest BCUT2D eigenvalue weighted by Gasteiger charge is 2.12. The van der Waals surface area contributed by atoms with Crippen LogP contribution in [0.2, 0.25) is 5.02 Å². The molecule has 27 heavy (non-hydrogen) atoms. The molecule has 0 aliphatic heterocycles. The fraction of sp³-hybridized carbons (Fsp3) is 0.273. The van der Waals surface area contributed by atoms with Gasteiger partial charge in [-0.25, -0.2) is 0 Å². The maximum Gasteiger partial charge on any atom is 0.255 e. The van der Waals surface area contributed by atoms with Crippen molar-refractivity contribution in [3.05, 3.63) is 76.3 Å². The number of benzene rings is 2. The van der Waals surface area contributed by atoms with E-state index < -0.39 is 0 Å². The second kappa shape index (κ2) is 9.38. The molecule has 0 heterocycles. The molecule has 0 bridgehead atoms. The minimum atomic E-state index is -0.301. The Morgan fingerprint density at radius 1 is 0.963 bits per heavy atom. The maximum atomic E-state index is 12.5. The fourth-order valence-electron chi connectivity index (χ4n) is 3.13. The van der Waals surface area contributed by atoms with E-state index in [9.17, 15) is 9.59 Å². The summed E-state index contributed by atoms with van der Waals surface area (Å²) in [5.41, 5.74) is 2.85. The Kier molecular flexibility index (Phi) is 6.66. The molecule has 0 aromatic heterocycles. The van der Waals surface area contributed by atoms with Crippen LogP contribution in [0.5, 0.6) is 0 Å². The van der Waals surface area contributed by atoms with Crippen molar-refractivity contribution in [2.45, 2.75) is 32.1 Å². The minimum Gasteiger partial charge on any atom is -0.352 e. The summed E-state index contributed by atoms with van der Waals surface area (Å²) < 4.78 is 0. The molecule has 0 radical (unpaired) electrons. The zero-order chi connectivity index (χ0) is 19.1. The highest BCUT2D eigenvalue weighted by molar-refractivity contribution is 6.33. The van der Waals surface area contributed by atoms with Crippen LogP contribution in [0.25, 0.3) is 0 Å². The summed E-state index contributed by atoms with van der Waals surface area (Å²) in [6.07, 6.45) is 7.95. The van der Waals surface area contributed by atoms with Crippen molar-refractivity contribution < 1.29 is 9.59 Å². The fourth-order valence-corrected chi connectivity index (χ4v) is 3.31. The first-order chi connectivity index (χ1) is 13.1. The Balaban J connectivity index is 1.59. The van der Waals surface area contributed by atoms with E-state index in [4.69, 9.17) is 11.6 Å². The van der Waals surface area contributed by atoms with Crippen molar-refractivity contribution in [2.24, 2.45) is 0 Å². The lowest BCUT2D eigenvalue weighted by Crippen LogP contribution is -2.25. The molecule has 4 nitrogen and oxygen atoms in total. The largest absolute Gasteiger partial charge is 0.352 e. The second-order valence-corrected chi connectivity index (χ2v) is 7.04. The van der Waals surface area contributed by atoms with E-state index in [0.29, 0.717) is 28.4 Å². The molecule has 2 N–H and O–H groups in total. The third-order valence-electron chi connectivity index (χ3n) is 4.63. The number of carbonyl (C=O) groups excluding carboxylic acids is 2. The quantitative estimate of drug-likeness (QED) is 0.673. The minimum absolute atomic E-state index is 0.168. The van der Waals surface area contributed by atoms with E-state index in [-0.39, 0.29) is 11.8 Å². The van der Waals surface area contributed by atoms with Gasteiger partial charge < -0.3 is 10.6 Å². The lowest BCUT2D eigenvalue weighted by atomic mass is 9.97. The van der Waals surface area contributed by atoms with E-state index in [1.807, 2.05) is 0 Å². The summed E-state index contributed by atoms with van der Waals surface area (Å²) in [6, 6.07) is 13.7. The van der Waals surface area contributed by atoms with E-state index >= 15 is 0 Å². The molecule has 0 fully saturated rings. The molecule has 0 saturated carbocycles. The number of rotatable bonds is 6. The molecule has 2 amide bonds. The summed E-state index contributed by atoms with van der Waals surface area (Å²) in [6.45, 7) is 0.612. The number of allylic oxidation sites excluding steroid dienone is 1. The second-order valence-electron chi connectivity index (χ2n) is 6.63. The molecule has 2 aromatic rings. The van der Waals surface area contributed by atoms with Gasteiger partial charge in [-0.15, -0.1) is 0 Å². The van der Waals surface area contributed by atoms with Gasteiger partial charge in [-0.2, -0.15) is 0 Å². The molecule has 5 heteroatoms. The molecule has 0 spiro atoms. The maximum absolute atomic E-state index is 12.5. The number of nitrogens with one attached hydrogen (secondary N) is 2. The molecule has 1 aliphatic rings. The van der Waals surface area contributed by atoms with Crippen LogP contribution in [0.4, 0.5) is 5.69 Å².